The van der Waals surface area contributed by atoms with Crippen molar-refractivity contribution in [2.24, 2.45) is 5.41 Å². The Bertz CT molecular complexity index is 1180. The highest BCUT2D eigenvalue weighted by Crippen LogP contribution is 2.48. The summed E-state index contributed by atoms with van der Waals surface area (Å²) in [4.78, 5) is 29.9. The lowest BCUT2D eigenvalue weighted by atomic mass is 9.73. The second-order valence-corrected chi connectivity index (χ2v) is 9.89. The maximum absolute atomic E-state index is 13.8. The summed E-state index contributed by atoms with van der Waals surface area (Å²) in [6.07, 6.45) is 1.22. The Kier molecular flexibility index (Phi) is 4.78. The minimum atomic E-state index is -0.481. The van der Waals surface area contributed by atoms with Gasteiger partial charge in [0.15, 0.2) is 5.78 Å². The molecular formula is C26H24N2O2S. The van der Waals surface area contributed by atoms with E-state index in [1.54, 1.807) is 0 Å². The van der Waals surface area contributed by atoms with Gasteiger partial charge in [-0.1, -0.05) is 62.4 Å². The zero-order valence-corrected chi connectivity index (χ0v) is 18.4. The highest BCUT2D eigenvalue weighted by atomic mass is 32.1. The summed E-state index contributed by atoms with van der Waals surface area (Å²) >= 11 is 1.42. The van der Waals surface area contributed by atoms with Gasteiger partial charge < -0.3 is 5.32 Å². The molecular weight excluding hydrogens is 404 g/mol. The standard InChI is InChI=1S/C26H24N2O2S/c1-26(2)15-19-23(21(29)16-26)24(17-9-4-3-5-10-17)28(25(30)22-13-8-14-31-22)20-12-7-6-11-18(20)27-19/h3-14,24,27H,15-16H2,1-2H3/t24-/m1/s1. The van der Waals surface area contributed by atoms with E-state index in [9.17, 15) is 9.59 Å². The SMILES string of the molecule is CC1(C)CC(=O)C2=C(C1)Nc1ccccc1N(C(=O)c1cccs1)[C@@H]2c1ccccc1. The average molecular weight is 429 g/mol. The lowest BCUT2D eigenvalue weighted by Gasteiger charge is -2.37. The van der Waals surface area contributed by atoms with Crippen LogP contribution < -0.4 is 10.2 Å². The van der Waals surface area contributed by atoms with Gasteiger partial charge in [0.2, 0.25) is 0 Å². The van der Waals surface area contributed by atoms with Gasteiger partial charge in [-0.15, -0.1) is 11.3 Å². The molecule has 0 saturated carbocycles. The van der Waals surface area contributed by atoms with Gasteiger partial charge in [0, 0.05) is 17.7 Å². The molecule has 2 aromatic carbocycles. The van der Waals surface area contributed by atoms with Gasteiger partial charge in [0.25, 0.3) is 5.91 Å². The van der Waals surface area contributed by atoms with Crippen LogP contribution in [0.15, 0.2) is 83.4 Å². The molecule has 31 heavy (non-hydrogen) atoms. The Labute approximate surface area is 186 Å². The first-order chi connectivity index (χ1) is 14.9. The van der Waals surface area contributed by atoms with E-state index in [-0.39, 0.29) is 17.1 Å². The molecule has 5 rings (SSSR count). The Balaban J connectivity index is 1.79. The molecule has 4 nitrogen and oxygen atoms in total. The smallest absolute Gasteiger partial charge is 0.269 e. The Hall–Kier alpha value is -3.18. The van der Waals surface area contributed by atoms with Crippen LogP contribution >= 0.6 is 11.3 Å². The Morgan fingerprint density at radius 3 is 2.48 bits per heavy atom. The largest absolute Gasteiger partial charge is 0.357 e. The van der Waals surface area contributed by atoms with Crippen LogP contribution in [0, 0.1) is 5.41 Å². The summed E-state index contributed by atoms with van der Waals surface area (Å²) in [5, 5.41) is 5.45. The topological polar surface area (TPSA) is 49.4 Å². The van der Waals surface area contributed by atoms with Crippen LogP contribution in [0.2, 0.25) is 0 Å². The highest BCUT2D eigenvalue weighted by molar-refractivity contribution is 7.12. The van der Waals surface area contributed by atoms with Crippen LogP contribution in [0.1, 0.15) is 48.0 Å². The zero-order chi connectivity index (χ0) is 21.6. The van der Waals surface area contributed by atoms with E-state index < -0.39 is 6.04 Å². The van der Waals surface area contributed by atoms with E-state index in [0.29, 0.717) is 16.9 Å². The molecule has 1 amide bonds. The maximum Gasteiger partial charge on any atom is 0.269 e. The van der Waals surface area contributed by atoms with Crippen LogP contribution in [0.5, 0.6) is 0 Å². The second kappa shape index (κ2) is 7.50. The number of nitrogens with zero attached hydrogens (tertiary/aromatic N) is 1. The number of allylic oxidation sites excluding steroid dienone is 1. The van der Waals surface area contributed by atoms with Crippen LogP contribution in [0.4, 0.5) is 11.4 Å². The number of carbonyl (C=O) groups is 2. The first-order valence-electron chi connectivity index (χ1n) is 10.5. The van der Waals surface area contributed by atoms with Crippen molar-refractivity contribution in [2.45, 2.75) is 32.7 Å². The molecule has 0 fully saturated rings. The van der Waals surface area contributed by atoms with Gasteiger partial charge in [-0.05, 0) is 41.0 Å². The van der Waals surface area contributed by atoms with Crippen molar-refractivity contribution in [1.29, 1.82) is 0 Å². The van der Waals surface area contributed by atoms with Gasteiger partial charge in [-0.3, -0.25) is 14.5 Å². The molecule has 156 valence electrons. The molecule has 0 spiro atoms. The first kappa shape index (κ1) is 19.8. The predicted octanol–water partition coefficient (Wildman–Crippen LogP) is 6.20. The van der Waals surface area contributed by atoms with E-state index in [1.165, 1.54) is 11.3 Å². The molecule has 2 aliphatic rings. The molecule has 1 aromatic heterocycles. The number of amides is 1. The number of Topliss-reactive ketones (excluding diaryl/α,β-unsaturated/α-hetero) is 1. The maximum atomic E-state index is 13.8. The third-order valence-corrected chi connectivity index (χ3v) is 6.82. The second-order valence-electron chi connectivity index (χ2n) is 8.94. The molecule has 1 aliphatic carbocycles. The monoisotopic (exact) mass is 428 g/mol. The summed E-state index contributed by atoms with van der Waals surface area (Å²) in [6.45, 7) is 4.25. The van der Waals surface area contributed by atoms with Crippen molar-refractivity contribution in [3.05, 3.63) is 93.8 Å². The number of hydrogen-bond donors (Lipinski definition) is 1. The van der Waals surface area contributed by atoms with E-state index in [2.05, 4.69) is 19.2 Å². The van der Waals surface area contributed by atoms with E-state index in [0.717, 1.165) is 29.1 Å². The molecule has 5 heteroatoms. The summed E-state index contributed by atoms with van der Waals surface area (Å²) in [6, 6.07) is 21.0. The number of thiophene rings is 1. The Morgan fingerprint density at radius 1 is 1.00 bits per heavy atom. The van der Waals surface area contributed by atoms with Crippen molar-refractivity contribution in [3.8, 4) is 0 Å². The van der Waals surface area contributed by atoms with Crippen molar-refractivity contribution >= 4 is 34.4 Å². The van der Waals surface area contributed by atoms with Gasteiger partial charge in [0.1, 0.15) is 0 Å². The third kappa shape index (κ3) is 3.49. The summed E-state index contributed by atoms with van der Waals surface area (Å²) in [7, 11) is 0. The van der Waals surface area contributed by atoms with E-state index in [4.69, 9.17) is 0 Å². The van der Waals surface area contributed by atoms with Gasteiger partial charge in [-0.25, -0.2) is 0 Å². The minimum absolute atomic E-state index is 0.0931. The van der Waals surface area contributed by atoms with Gasteiger partial charge in [-0.2, -0.15) is 0 Å². The number of para-hydroxylation sites is 2. The lowest BCUT2D eigenvalue weighted by Crippen LogP contribution is -2.39. The fourth-order valence-corrected chi connectivity index (χ4v) is 5.34. The molecule has 3 aromatic rings. The van der Waals surface area contributed by atoms with E-state index in [1.807, 2.05) is 77.0 Å². The zero-order valence-electron chi connectivity index (χ0n) is 17.6. The molecule has 0 saturated heterocycles. The highest BCUT2D eigenvalue weighted by Gasteiger charge is 2.43. The summed E-state index contributed by atoms with van der Waals surface area (Å²) in [5.74, 6) is 0.00822. The molecule has 1 atom stereocenters. The first-order valence-corrected chi connectivity index (χ1v) is 11.4. The lowest BCUT2D eigenvalue weighted by molar-refractivity contribution is -0.118. The fraction of sp³-hybridized carbons (Fsp3) is 0.231. The summed E-state index contributed by atoms with van der Waals surface area (Å²) < 4.78 is 0. The van der Waals surface area contributed by atoms with Crippen molar-refractivity contribution in [2.75, 3.05) is 10.2 Å². The molecule has 1 aliphatic heterocycles. The number of rotatable bonds is 2. The predicted molar refractivity (Wildman–Crippen MR) is 125 cm³/mol. The summed E-state index contributed by atoms with van der Waals surface area (Å²) in [5.41, 5.74) is 4.06. The molecule has 0 unspecified atom stereocenters. The van der Waals surface area contributed by atoms with Crippen LogP contribution in [0.3, 0.4) is 0 Å². The number of benzene rings is 2. The molecule has 0 radical (unpaired) electrons. The van der Waals surface area contributed by atoms with E-state index >= 15 is 0 Å². The van der Waals surface area contributed by atoms with Crippen LogP contribution in [0.25, 0.3) is 0 Å². The number of hydrogen-bond acceptors (Lipinski definition) is 4. The number of nitrogens with one attached hydrogen (secondary N) is 1. The van der Waals surface area contributed by atoms with Crippen LogP contribution in [-0.2, 0) is 4.79 Å². The normalized spacial score (nSPS) is 19.9. The Morgan fingerprint density at radius 2 is 1.74 bits per heavy atom. The minimum Gasteiger partial charge on any atom is -0.357 e. The number of ketones is 1. The third-order valence-electron chi connectivity index (χ3n) is 5.97. The number of anilines is 2. The number of fused-ring (bicyclic) bond motifs is 1. The van der Waals surface area contributed by atoms with Crippen molar-refractivity contribution in [3.63, 3.8) is 0 Å². The van der Waals surface area contributed by atoms with Crippen molar-refractivity contribution < 1.29 is 9.59 Å². The fourth-order valence-electron chi connectivity index (χ4n) is 4.68. The molecule has 0 bridgehead atoms. The van der Waals surface area contributed by atoms with Gasteiger partial charge in [0.05, 0.1) is 22.3 Å². The number of carbonyl (C=O) groups excluding carboxylic acids is 2. The average Bonchev–Trinajstić information content (AvgIpc) is 3.23. The van der Waals surface area contributed by atoms with Crippen molar-refractivity contribution in [1.82, 2.24) is 0 Å². The van der Waals surface area contributed by atoms with Gasteiger partial charge >= 0.3 is 0 Å². The molecule has 1 N–H and O–H groups in total. The quantitative estimate of drug-likeness (QED) is 0.528. The van der Waals surface area contributed by atoms with Crippen LogP contribution in [-0.4, -0.2) is 11.7 Å². The molecule has 2 heterocycles.